The van der Waals surface area contributed by atoms with E-state index in [0.29, 0.717) is 17.0 Å². The maximum Gasteiger partial charge on any atom is 0.216 e. The number of hydrogen-bond acceptors (Lipinski definition) is 5. The van der Waals surface area contributed by atoms with Gasteiger partial charge >= 0.3 is 0 Å². The minimum Gasteiger partial charge on any atom is -0.370 e. The molecule has 1 aliphatic carbocycles. The third kappa shape index (κ3) is 2.89. The van der Waals surface area contributed by atoms with Crippen molar-refractivity contribution in [2.75, 3.05) is 18.3 Å². The highest BCUT2D eigenvalue weighted by atomic mass is 32.2. The highest BCUT2D eigenvalue weighted by Crippen LogP contribution is 2.29. The molecule has 5 nitrogen and oxygen atoms in total. The molecule has 0 unspecified atom stereocenters. The van der Waals surface area contributed by atoms with E-state index in [4.69, 9.17) is 10.5 Å². The summed E-state index contributed by atoms with van der Waals surface area (Å²) >= 11 is 1.46. The Morgan fingerprint density at radius 2 is 2.46 bits per heavy atom. The molecule has 0 amide bonds. The second-order valence-electron chi connectivity index (χ2n) is 3.08. The van der Waals surface area contributed by atoms with Crippen molar-refractivity contribution >= 4 is 17.7 Å². The molecule has 0 spiro atoms. The van der Waals surface area contributed by atoms with Crippen LogP contribution in [0.15, 0.2) is 5.16 Å². The summed E-state index contributed by atoms with van der Waals surface area (Å²) in [4.78, 5) is 3.94. The van der Waals surface area contributed by atoms with Gasteiger partial charge in [-0.1, -0.05) is 11.8 Å². The van der Waals surface area contributed by atoms with Crippen LogP contribution in [-0.4, -0.2) is 27.7 Å². The zero-order chi connectivity index (χ0) is 9.10. The van der Waals surface area contributed by atoms with E-state index in [1.165, 1.54) is 24.6 Å². The van der Waals surface area contributed by atoms with Crippen molar-refractivity contribution < 1.29 is 4.74 Å². The summed E-state index contributed by atoms with van der Waals surface area (Å²) in [6.07, 6.45) is 2.64. The summed E-state index contributed by atoms with van der Waals surface area (Å²) in [6, 6.07) is 0. The zero-order valence-electron chi connectivity index (χ0n) is 7.19. The Kier molecular flexibility index (Phi) is 2.70. The van der Waals surface area contributed by atoms with E-state index in [1.54, 1.807) is 0 Å². The fourth-order valence-corrected chi connectivity index (χ4v) is 1.47. The molecule has 0 bridgehead atoms. The van der Waals surface area contributed by atoms with Crippen LogP contribution in [0.2, 0.25) is 0 Å². The Bertz CT molecular complexity index is 273. The number of thioether (sulfide) groups is 1. The molecule has 1 heterocycles. The van der Waals surface area contributed by atoms with Gasteiger partial charge in [-0.25, -0.2) is 5.10 Å². The quantitative estimate of drug-likeness (QED) is 0.419. The number of nitrogens with two attached hydrogens (primary N) is 1. The summed E-state index contributed by atoms with van der Waals surface area (Å²) in [6.45, 7) is 0.868. The second kappa shape index (κ2) is 3.97. The molecular weight excluding hydrogens is 188 g/mol. The van der Waals surface area contributed by atoms with Gasteiger partial charge in [0.15, 0.2) is 0 Å². The summed E-state index contributed by atoms with van der Waals surface area (Å²) in [5.41, 5.74) is 5.36. The van der Waals surface area contributed by atoms with Gasteiger partial charge in [0.05, 0.1) is 12.5 Å². The van der Waals surface area contributed by atoms with Crippen LogP contribution in [0, 0.1) is 5.92 Å². The molecule has 72 valence electrons. The van der Waals surface area contributed by atoms with E-state index >= 15 is 0 Å². The van der Waals surface area contributed by atoms with Crippen LogP contribution in [0.1, 0.15) is 12.8 Å². The molecule has 1 aliphatic rings. The summed E-state index contributed by atoms with van der Waals surface area (Å²) in [5.74, 6) is 1.76. The van der Waals surface area contributed by atoms with Gasteiger partial charge in [0.2, 0.25) is 11.1 Å². The van der Waals surface area contributed by atoms with Crippen molar-refractivity contribution in [3.63, 3.8) is 0 Å². The molecule has 1 fully saturated rings. The lowest BCUT2D eigenvalue weighted by atomic mass is 10.5. The third-order valence-electron chi connectivity index (χ3n) is 1.80. The molecule has 0 atom stereocenters. The van der Waals surface area contributed by atoms with E-state index in [1.807, 2.05) is 0 Å². The van der Waals surface area contributed by atoms with Crippen LogP contribution in [0.3, 0.4) is 0 Å². The summed E-state index contributed by atoms with van der Waals surface area (Å²) in [5, 5.41) is 7.09. The summed E-state index contributed by atoms with van der Waals surface area (Å²) in [7, 11) is 0. The topological polar surface area (TPSA) is 76.8 Å². The van der Waals surface area contributed by atoms with Gasteiger partial charge in [0, 0.05) is 0 Å². The predicted octanol–water partition coefficient (Wildman–Crippen LogP) is 0.863. The Morgan fingerprint density at radius 3 is 3.08 bits per heavy atom. The number of ether oxygens (including phenoxy) is 1. The molecule has 0 aromatic carbocycles. The lowest BCUT2D eigenvalue weighted by molar-refractivity contribution is 0.171. The molecule has 0 aliphatic heterocycles. The minimum atomic E-state index is 0.352. The van der Waals surface area contributed by atoms with Gasteiger partial charge in [-0.05, 0) is 18.8 Å². The van der Waals surface area contributed by atoms with Crippen LogP contribution >= 0.6 is 11.8 Å². The number of nitrogens with zero attached hydrogens (tertiary/aromatic N) is 2. The number of H-pyrrole nitrogens is 1. The number of anilines is 1. The first kappa shape index (κ1) is 8.83. The van der Waals surface area contributed by atoms with E-state index in [-0.39, 0.29) is 0 Å². The van der Waals surface area contributed by atoms with Crippen molar-refractivity contribution in [1.29, 1.82) is 0 Å². The molecule has 1 saturated carbocycles. The molecular formula is C7H12N4OS. The molecule has 1 aromatic heterocycles. The normalized spacial score (nSPS) is 16.3. The lowest BCUT2D eigenvalue weighted by Crippen LogP contribution is -1.95. The van der Waals surface area contributed by atoms with Crippen LogP contribution in [0.4, 0.5) is 5.95 Å². The number of aromatic nitrogens is 3. The van der Waals surface area contributed by atoms with Gasteiger partial charge in [0.1, 0.15) is 0 Å². The highest BCUT2D eigenvalue weighted by Gasteiger charge is 2.21. The number of aromatic amines is 1. The van der Waals surface area contributed by atoms with Crippen LogP contribution < -0.4 is 5.73 Å². The fraction of sp³-hybridized carbons (Fsp3) is 0.714. The van der Waals surface area contributed by atoms with Gasteiger partial charge < -0.3 is 10.5 Å². The van der Waals surface area contributed by atoms with E-state index in [9.17, 15) is 0 Å². The second-order valence-corrected chi connectivity index (χ2v) is 3.97. The van der Waals surface area contributed by atoms with E-state index in [0.717, 1.165) is 12.5 Å². The van der Waals surface area contributed by atoms with Crippen molar-refractivity contribution in [3.05, 3.63) is 0 Å². The van der Waals surface area contributed by atoms with Crippen LogP contribution in [-0.2, 0) is 4.74 Å². The minimum absolute atomic E-state index is 0.352. The Balaban J connectivity index is 1.61. The standard InChI is InChI=1S/C7H12N4OS/c8-6-9-7(11-10-6)13-4-12-3-5-1-2-5/h5H,1-4H2,(H3,8,9,10,11). The first-order valence-corrected chi connectivity index (χ1v) is 5.21. The van der Waals surface area contributed by atoms with Crippen molar-refractivity contribution in [2.24, 2.45) is 5.92 Å². The number of hydrogen-bond donors (Lipinski definition) is 2. The monoisotopic (exact) mass is 200 g/mol. The average Bonchev–Trinajstić information content (AvgIpc) is 2.84. The predicted molar refractivity (Wildman–Crippen MR) is 50.2 cm³/mol. The SMILES string of the molecule is Nc1nc(SCOCC2CC2)n[nH]1. The zero-order valence-corrected chi connectivity index (χ0v) is 8.01. The van der Waals surface area contributed by atoms with Gasteiger partial charge in [-0.2, -0.15) is 4.98 Å². The molecule has 0 saturated heterocycles. The molecule has 0 radical (unpaired) electrons. The molecule has 2 rings (SSSR count). The van der Waals surface area contributed by atoms with E-state index < -0.39 is 0 Å². The first-order chi connectivity index (χ1) is 6.34. The number of nitrogens with one attached hydrogen (secondary N) is 1. The fourth-order valence-electron chi connectivity index (χ4n) is 0.916. The van der Waals surface area contributed by atoms with Crippen molar-refractivity contribution in [3.8, 4) is 0 Å². The smallest absolute Gasteiger partial charge is 0.216 e. The molecule has 1 aromatic rings. The Labute approximate surface area is 80.4 Å². The average molecular weight is 200 g/mol. The van der Waals surface area contributed by atoms with E-state index in [2.05, 4.69) is 15.2 Å². The molecule has 6 heteroatoms. The maximum absolute atomic E-state index is 5.40. The Morgan fingerprint density at radius 1 is 1.62 bits per heavy atom. The Hall–Kier alpha value is -0.750. The van der Waals surface area contributed by atoms with Gasteiger partial charge in [-0.3, -0.25) is 0 Å². The van der Waals surface area contributed by atoms with Crippen molar-refractivity contribution in [1.82, 2.24) is 15.2 Å². The maximum atomic E-state index is 5.40. The van der Waals surface area contributed by atoms with Gasteiger partial charge in [-0.15, -0.1) is 5.10 Å². The van der Waals surface area contributed by atoms with Crippen molar-refractivity contribution in [2.45, 2.75) is 18.0 Å². The first-order valence-electron chi connectivity index (χ1n) is 4.23. The highest BCUT2D eigenvalue weighted by molar-refractivity contribution is 7.99. The van der Waals surface area contributed by atoms with Crippen LogP contribution in [0.5, 0.6) is 0 Å². The number of nitrogen functional groups attached to an aromatic ring is 1. The van der Waals surface area contributed by atoms with Gasteiger partial charge in [0.25, 0.3) is 0 Å². The molecule has 3 N–H and O–H groups in total. The van der Waals surface area contributed by atoms with Crippen LogP contribution in [0.25, 0.3) is 0 Å². The lowest BCUT2D eigenvalue weighted by Gasteiger charge is -1.98. The summed E-state index contributed by atoms with van der Waals surface area (Å²) < 4.78 is 5.40. The number of rotatable bonds is 5. The third-order valence-corrected chi connectivity index (χ3v) is 2.53. The molecule has 13 heavy (non-hydrogen) atoms. The largest absolute Gasteiger partial charge is 0.370 e.